The Morgan fingerprint density at radius 2 is 1.79 bits per heavy atom. The van der Waals surface area contributed by atoms with Crippen LogP contribution in [0.2, 0.25) is 5.02 Å². The van der Waals surface area contributed by atoms with E-state index in [-0.39, 0.29) is 0 Å². The Hall–Kier alpha value is -0.770. The van der Waals surface area contributed by atoms with Gasteiger partial charge in [0.05, 0.1) is 0 Å². The number of benzene rings is 1. The predicted octanol–water partition coefficient (Wildman–Crippen LogP) is 2.21. The topological polar surface area (TPSA) is 18.5 Å². The van der Waals surface area contributed by atoms with Crippen molar-refractivity contribution >= 4 is 17.3 Å². The third-order valence-corrected chi connectivity index (χ3v) is 4.54. The Kier molecular flexibility index (Phi) is 4.26. The Balaban J connectivity index is 1.57. The summed E-state index contributed by atoms with van der Waals surface area (Å²) in [7, 11) is 0. The van der Waals surface area contributed by atoms with Crippen LogP contribution in [-0.4, -0.2) is 50.2 Å². The zero-order valence-electron chi connectivity index (χ0n) is 11.3. The summed E-state index contributed by atoms with van der Waals surface area (Å²) in [5.74, 6) is 0. The second kappa shape index (κ2) is 6.12. The van der Waals surface area contributed by atoms with Crippen molar-refractivity contribution in [3.63, 3.8) is 0 Å². The highest BCUT2D eigenvalue weighted by atomic mass is 35.5. The van der Waals surface area contributed by atoms with Crippen molar-refractivity contribution < 1.29 is 0 Å². The van der Waals surface area contributed by atoms with E-state index in [0.29, 0.717) is 0 Å². The lowest BCUT2D eigenvalue weighted by molar-refractivity contribution is 0.150. The molecule has 0 spiro atoms. The molecule has 1 aromatic rings. The van der Waals surface area contributed by atoms with Crippen LogP contribution >= 0.6 is 11.6 Å². The Morgan fingerprint density at radius 1 is 1.05 bits per heavy atom. The number of piperazine rings is 1. The van der Waals surface area contributed by atoms with Gasteiger partial charge in [-0.15, -0.1) is 0 Å². The average molecular weight is 280 g/mol. The van der Waals surface area contributed by atoms with Gasteiger partial charge in [0.25, 0.3) is 0 Å². The molecule has 4 heteroatoms. The molecule has 104 valence electrons. The summed E-state index contributed by atoms with van der Waals surface area (Å²) in [5, 5.41) is 4.26. The maximum atomic E-state index is 6.07. The molecule has 3 rings (SSSR count). The molecular formula is C15H22ClN3. The van der Waals surface area contributed by atoms with Crippen molar-refractivity contribution in [3.05, 3.63) is 29.3 Å². The maximum Gasteiger partial charge on any atom is 0.0426 e. The molecular weight excluding hydrogens is 258 g/mol. The van der Waals surface area contributed by atoms with Crippen molar-refractivity contribution in [2.24, 2.45) is 0 Å². The summed E-state index contributed by atoms with van der Waals surface area (Å²) in [6.07, 6.45) is 2.54. The van der Waals surface area contributed by atoms with Gasteiger partial charge in [-0.25, -0.2) is 0 Å². The van der Waals surface area contributed by atoms with Gasteiger partial charge in [-0.1, -0.05) is 17.7 Å². The van der Waals surface area contributed by atoms with Gasteiger partial charge in [0, 0.05) is 56.0 Å². The molecule has 2 heterocycles. The highest BCUT2D eigenvalue weighted by molar-refractivity contribution is 6.30. The van der Waals surface area contributed by atoms with E-state index < -0.39 is 0 Å². The van der Waals surface area contributed by atoms with Gasteiger partial charge < -0.3 is 10.2 Å². The summed E-state index contributed by atoms with van der Waals surface area (Å²) in [5.41, 5.74) is 1.27. The molecule has 0 unspecified atom stereocenters. The summed E-state index contributed by atoms with van der Waals surface area (Å²) >= 11 is 6.07. The highest BCUT2D eigenvalue weighted by Crippen LogP contribution is 2.24. The molecule has 1 N–H and O–H groups in total. The SMILES string of the molecule is Clc1cccc(N2CCC(N3CCNCC3)CC2)c1. The molecule has 0 bridgehead atoms. The van der Waals surface area contributed by atoms with Crippen LogP contribution in [-0.2, 0) is 0 Å². The Labute approximate surface area is 120 Å². The normalized spacial score (nSPS) is 22.7. The van der Waals surface area contributed by atoms with Crippen LogP contribution in [0.15, 0.2) is 24.3 Å². The number of piperidine rings is 1. The zero-order valence-corrected chi connectivity index (χ0v) is 12.1. The summed E-state index contributed by atoms with van der Waals surface area (Å²) < 4.78 is 0. The number of hydrogen-bond donors (Lipinski definition) is 1. The first-order valence-corrected chi connectivity index (χ1v) is 7.66. The first kappa shape index (κ1) is 13.2. The molecule has 0 aliphatic carbocycles. The van der Waals surface area contributed by atoms with Crippen molar-refractivity contribution in [1.29, 1.82) is 0 Å². The molecule has 2 fully saturated rings. The van der Waals surface area contributed by atoms with Gasteiger partial charge in [-0.05, 0) is 31.0 Å². The van der Waals surface area contributed by atoms with E-state index in [0.717, 1.165) is 37.2 Å². The van der Waals surface area contributed by atoms with E-state index in [2.05, 4.69) is 27.2 Å². The largest absolute Gasteiger partial charge is 0.371 e. The minimum atomic E-state index is 0.775. The summed E-state index contributed by atoms with van der Waals surface area (Å²) in [6, 6.07) is 9.00. The van der Waals surface area contributed by atoms with Crippen LogP contribution in [0.25, 0.3) is 0 Å². The van der Waals surface area contributed by atoms with Crippen molar-refractivity contribution in [1.82, 2.24) is 10.2 Å². The summed E-state index contributed by atoms with van der Waals surface area (Å²) in [4.78, 5) is 5.12. The molecule has 3 nitrogen and oxygen atoms in total. The van der Waals surface area contributed by atoms with Gasteiger partial charge in [0.2, 0.25) is 0 Å². The molecule has 2 saturated heterocycles. The predicted molar refractivity (Wildman–Crippen MR) is 81.1 cm³/mol. The van der Waals surface area contributed by atoms with Crippen molar-refractivity contribution in [2.75, 3.05) is 44.2 Å². The van der Waals surface area contributed by atoms with E-state index in [9.17, 15) is 0 Å². The Bertz CT molecular complexity index is 410. The van der Waals surface area contributed by atoms with Crippen molar-refractivity contribution in [2.45, 2.75) is 18.9 Å². The van der Waals surface area contributed by atoms with Crippen LogP contribution in [0.3, 0.4) is 0 Å². The third kappa shape index (κ3) is 3.22. The lowest BCUT2D eigenvalue weighted by atomic mass is 10.0. The number of hydrogen-bond acceptors (Lipinski definition) is 3. The summed E-state index contributed by atoms with van der Waals surface area (Å²) in [6.45, 7) is 7.01. The number of nitrogens with zero attached hydrogens (tertiary/aromatic N) is 2. The van der Waals surface area contributed by atoms with Gasteiger partial charge in [-0.3, -0.25) is 4.90 Å². The van der Waals surface area contributed by atoms with E-state index in [1.54, 1.807) is 0 Å². The van der Waals surface area contributed by atoms with Gasteiger partial charge >= 0.3 is 0 Å². The fourth-order valence-electron chi connectivity index (χ4n) is 3.21. The smallest absolute Gasteiger partial charge is 0.0426 e. The molecule has 0 radical (unpaired) electrons. The average Bonchev–Trinajstić information content (AvgIpc) is 2.48. The molecule has 0 aromatic heterocycles. The lowest BCUT2D eigenvalue weighted by Gasteiger charge is -2.41. The van der Waals surface area contributed by atoms with E-state index in [4.69, 9.17) is 11.6 Å². The van der Waals surface area contributed by atoms with E-state index in [1.807, 2.05) is 12.1 Å². The number of halogens is 1. The lowest BCUT2D eigenvalue weighted by Crippen LogP contribution is -2.52. The molecule has 0 amide bonds. The van der Waals surface area contributed by atoms with Crippen LogP contribution in [0, 0.1) is 0 Å². The minimum Gasteiger partial charge on any atom is -0.371 e. The standard InChI is InChI=1S/C15H22ClN3/c16-13-2-1-3-15(12-13)18-8-4-14(5-9-18)19-10-6-17-7-11-19/h1-3,12,14,17H,4-11H2. The Morgan fingerprint density at radius 3 is 2.47 bits per heavy atom. The van der Waals surface area contributed by atoms with E-state index in [1.165, 1.54) is 31.6 Å². The number of rotatable bonds is 2. The molecule has 0 atom stereocenters. The first-order chi connectivity index (χ1) is 9.33. The van der Waals surface area contributed by atoms with Crippen LogP contribution in [0.5, 0.6) is 0 Å². The number of nitrogens with one attached hydrogen (secondary N) is 1. The monoisotopic (exact) mass is 279 g/mol. The first-order valence-electron chi connectivity index (χ1n) is 7.28. The fraction of sp³-hybridized carbons (Fsp3) is 0.600. The maximum absolute atomic E-state index is 6.07. The van der Waals surface area contributed by atoms with Gasteiger partial charge in [-0.2, -0.15) is 0 Å². The molecule has 2 aliphatic heterocycles. The van der Waals surface area contributed by atoms with E-state index >= 15 is 0 Å². The zero-order chi connectivity index (χ0) is 13.1. The fourth-order valence-corrected chi connectivity index (χ4v) is 3.39. The van der Waals surface area contributed by atoms with Crippen LogP contribution in [0.1, 0.15) is 12.8 Å². The second-order valence-corrected chi connectivity index (χ2v) is 5.92. The van der Waals surface area contributed by atoms with Gasteiger partial charge in [0.1, 0.15) is 0 Å². The highest BCUT2D eigenvalue weighted by Gasteiger charge is 2.25. The minimum absolute atomic E-state index is 0.775. The molecule has 19 heavy (non-hydrogen) atoms. The van der Waals surface area contributed by atoms with Crippen LogP contribution < -0.4 is 10.2 Å². The second-order valence-electron chi connectivity index (χ2n) is 5.48. The quantitative estimate of drug-likeness (QED) is 0.896. The van der Waals surface area contributed by atoms with Gasteiger partial charge in [0.15, 0.2) is 0 Å². The van der Waals surface area contributed by atoms with Crippen LogP contribution in [0.4, 0.5) is 5.69 Å². The van der Waals surface area contributed by atoms with Crippen molar-refractivity contribution in [3.8, 4) is 0 Å². The molecule has 0 saturated carbocycles. The number of anilines is 1. The third-order valence-electron chi connectivity index (χ3n) is 4.31. The molecule has 1 aromatic carbocycles. The molecule has 2 aliphatic rings.